The van der Waals surface area contributed by atoms with Crippen molar-refractivity contribution in [1.29, 1.82) is 0 Å². The third kappa shape index (κ3) is 3.66. The molecule has 2 aromatic heterocycles. The number of anilines is 1. The first-order chi connectivity index (χ1) is 8.13. The first-order valence-corrected chi connectivity index (χ1v) is 5.34. The monoisotopic (exact) mass is 308 g/mol. The highest BCUT2D eigenvalue weighted by Gasteiger charge is 2.12. The van der Waals surface area contributed by atoms with Gasteiger partial charge in [-0.1, -0.05) is 0 Å². The lowest BCUT2D eigenvalue weighted by Crippen LogP contribution is -2.25. The lowest BCUT2D eigenvalue weighted by Gasteiger charge is -2.11. The molecule has 108 valence electrons. The first kappa shape index (κ1) is 17.8. The fourth-order valence-corrected chi connectivity index (χ4v) is 1.63. The minimum Gasteiger partial charge on any atom is -0.390 e. The Labute approximate surface area is 123 Å². The molecule has 2 aromatic rings. The molecule has 0 radical (unpaired) electrons. The summed E-state index contributed by atoms with van der Waals surface area (Å²) in [6, 6.07) is 0. The van der Waals surface area contributed by atoms with Gasteiger partial charge in [0.2, 0.25) is 0 Å². The maximum atomic E-state index is 9.54. The van der Waals surface area contributed by atoms with E-state index in [1.807, 2.05) is 19.0 Å². The number of hydrogen-bond acceptors (Lipinski definition) is 6. The quantitative estimate of drug-likeness (QED) is 0.829. The highest BCUT2D eigenvalue weighted by atomic mass is 35.5. The number of aromatic nitrogens is 4. The lowest BCUT2D eigenvalue weighted by molar-refractivity contribution is 0.163. The van der Waals surface area contributed by atoms with Crippen molar-refractivity contribution < 1.29 is 5.11 Å². The third-order valence-electron chi connectivity index (χ3n) is 2.49. The molecule has 9 heteroatoms. The molecule has 2 heterocycles. The summed E-state index contributed by atoms with van der Waals surface area (Å²) in [6.07, 6.45) is 2.54. The Hall–Kier alpha value is -1.15. The van der Waals surface area contributed by atoms with Crippen molar-refractivity contribution in [3.63, 3.8) is 0 Å². The molecule has 0 aliphatic carbocycles. The average molecular weight is 309 g/mol. The number of hydrogen-bond donors (Lipinski definition) is 2. The van der Waals surface area contributed by atoms with Crippen LogP contribution in [-0.2, 0) is 6.54 Å². The van der Waals surface area contributed by atoms with Crippen LogP contribution in [0.1, 0.15) is 0 Å². The van der Waals surface area contributed by atoms with E-state index in [2.05, 4.69) is 15.0 Å². The molecular formula is C10H18Cl2N6O. The van der Waals surface area contributed by atoms with Gasteiger partial charge < -0.3 is 20.3 Å². The number of imidazole rings is 1. The number of nitrogens with two attached hydrogens (primary N) is 1. The topological polar surface area (TPSA) is 93.1 Å². The van der Waals surface area contributed by atoms with Gasteiger partial charge in [0.15, 0.2) is 17.0 Å². The van der Waals surface area contributed by atoms with Gasteiger partial charge in [-0.05, 0) is 0 Å². The molecule has 3 N–H and O–H groups in total. The number of fused-ring (bicyclic) bond motifs is 1. The Morgan fingerprint density at radius 3 is 2.58 bits per heavy atom. The predicted molar refractivity (Wildman–Crippen MR) is 79.2 cm³/mol. The third-order valence-corrected chi connectivity index (χ3v) is 2.49. The Kier molecular flexibility index (Phi) is 6.99. The van der Waals surface area contributed by atoms with Crippen LogP contribution in [0.4, 0.5) is 5.82 Å². The van der Waals surface area contributed by atoms with Crippen LogP contribution in [0.25, 0.3) is 11.2 Å². The molecule has 0 aromatic carbocycles. The summed E-state index contributed by atoms with van der Waals surface area (Å²) in [6.45, 7) is 0.599. The molecule has 1 unspecified atom stereocenters. The minimum atomic E-state index is -0.592. The van der Waals surface area contributed by atoms with Gasteiger partial charge in [-0.3, -0.25) is 0 Å². The predicted octanol–water partition coefficient (Wildman–Crippen LogP) is 0.0555. The zero-order chi connectivity index (χ0) is 12.4. The van der Waals surface area contributed by atoms with E-state index in [0.717, 1.165) is 11.3 Å². The van der Waals surface area contributed by atoms with Crippen molar-refractivity contribution in [2.75, 3.05) is 25.5 Å². The van der Waals surface area contributed by atoms with Gasteiger partial charge in [-0.15, -0.1) is 24.8 Å². The second-order valence-corrected chi connectivity index (χ2v) is 4.05. The second-order valence-electron chi connectivity index (χ2n) is 4.05. The molecule has 0 amide bonds. The second kappa shape index (κ2) is 7.44. The summed E-state index contributed by atoms with van der Waals surface area (Å²) in [7, 11) is 3.80. The van der Waals surface area contributed by atoms with Gasteiger partial charge in [-0.25, -0.2) is 15.0 Å². The Morgan fingerprint density at radius 1 is 1.32 bits per heavy atom. The number of halogens is 2. The van der Waals surface area contributed by atoms with Crippen molar-refractivity contribution in [1.82, 2.24) is 19.5 Å². The van der Waals surface area contributed by atoms with Crippen molar-refractivity contribution in [3.05, 3.63) is 12.7 Å². The normalized spacial score (nSPS) is 11.6. The van der Waals surface area contributed by atoms with E-state index in [9.17, 15) is 5.11 Å². The Balaban J connectivity index is 0.00000162. The van der Waals surface area contributed by atoms with Crippen LogP contribution in [0, 0.1) is 0 Å². The van der Waals surface area contributed by atoms with Crippen LogP contribution in [-0.4, -0.2) is 51.4 Å². The standard InChI is InChI=1S/C10H16N6O.2ClH/c1-15(2)9-8-10(13-5-12-9)16(6-14-8)4-7(17)3-11;;/h5-7,17H,3-4,11H2,1-2H3;2*1H. The van der Waals surface area contributed by atoms with E-state index < -0.39 is 6.10 Å². The molecule has 0 saturated carbocycles. The molecule has 0 aliphatic rings. The van der Waals surface area contributed by atoms with E-state index in [1.165, 1.54) is 6.33 Å². The SMILES string of the molecule is CN(C)c1ncnc2c1ncn2CC(O)CN.Cl.Cl. The molecule has 2 rings (SSSR count). The molecule has 0 saturated heterocycles. The van der Waals surface area contributed by atoms with Gasteiger partial charge in [0, 0.05) is 20.6 Å². The fraction of sp³-hybridized carbons (Fsp3) is 0.500. The molecular weight excluding hydrogens is 291 g/mol. The summed E-state index contributed by atoms with van der Waals surface area (Å²) < 4.78 is 1.78. The molecule has 1 atom stereocenters. The smallest absolute Gasteiger partial charge is 0.165 e. The molecule has 0 aliphatic heterocycles. The van der Waals surface area contributed by atoms with Crippen LogP contribution >= 0.6 is 24.8 Å². The van der Waals surface area contributed by atoms with Crippen LogP contribution in [0.2, 0.25) is 0 Å². The van der Waals surface area contributed by atoms with Gasteiger partial charge in [0.05, 0.1) is 19.0 Å². The lowest BCUT2D eigenvalue weighted by atomic mass is 10.3. The summed E-state index contributed by atoms with van der Waals surface area (Å²) in [5.41, 5.74) is 6.81. The largest absolute Gasteiger partial charge is 0.390 e. The summed E-state index contributed by atoms with van der Waals surface area (Å²) in [4.78, 5) is 14.5. The molecule has 19 heavy (non-hydrogen) atoms. The molecule has 0 fully saturated rings. The number of nitrogens with zero attached hydrogens (tertiary/aromatic N) is 5. The van der Waals surface area contributed by atoms with Crippen LogP contribution in [0.3, 0.4) is 0 Å². The highest BCUT2D eigenvalue weighted by Crippen LogP contribution is 2.19. The number of aliphatic hydroxyl groups is 1. The van der Waals surface area contributed by atoms with Crippen LogP contribution in [0.15, 0.2) is 12.7 Å². The minimum absolute atomic E-state index is 0. The van der Waals surface area contributed by atoms with Crippen molar-refractivity contribution in [2.45, 2.75) is 12.6 Å². The van der Waals surface area contributed by atoms with Crippen molar-refractivity contribution >= 4 is 41.8 Å². The summed E-state index contributed by atoms with van der Waals surface area (Å²) in [5.74, 6) is 0.760. The maximum Gasteiger partial charge on any atom is 0.165 e. The maximum absolute atomic E-state index is 9.54. The van der Waals surface area contributed by atoms with E-state index in [4.69, 9.17) is 5.73 Å². The number of aliphatic hydroxyl groups excluding tert-OH is 1. The number of rotatable bonds is 4. The zero-order valence-corrected chi connectivity index (χ0v) is 12.4. The van der Waals surface area contributed by atoms with E-state index in [-0.39, 0.29) is 31.4 Å². The summed E-state index contributed by atoms with van der Waals surface area (Å²) >= 11 is 0. The molecule has 7 nitrogen and oxygen atoms in total. The Bertz CT molecular complexity index is 518. The molecule has 0 bridgehead atoms. The van der Waals surface area contributed by atoms with E-state index in [0.29, 0.717) is 12.2 Å². The van der Waals surface area contributed by atoms with E-state index in [1.54, 1.807) is 10.9 Å². The zero-order valence-electron chi connectivity index (χ0n) is 10.7. The Morgan fingerprint density at radius 2 is 2.00 bits per heavy atom. The summed E-state index contributed by atoms with van der Waals surface area (Å²) in [5, 5.41) is 9.54. The first-order valence-electron chi connectivity index (χ1n) is 5.34. The fourth-order valence-electron chi connectivity index (χ4n) is 1.63. The van der Waals surface area contributed by atoms with Gasteiger partial charge in [0.1, 0.15) is 6.33 Å². The van der Waals surface area contributed by atoms with Gasteiger partial charge in [0.25, 0.3) is 0 Å². The van der Waals surface area contributed by atoms with Crippen LogP contribution < -0.4 is 10.6 Å². The molecule has 0 spiro atoms. The van der Waals surface area contributed by atoms with Gasteiger partial charge >= 0.3 is 0 Å². The van der Waals surface area contributed by atoms with Gasteiger partial charge in [-0.2, -0.15) is 0 Å². The van der Waals surface area contributed by atoms with Crippen molar-refractivity contribution in [3.8, 4) is 0 Å². The average Bonchev–Trinajstić information content (AvgIpc) is 2.72. The van der Waals surface area contributed by atoms with Crippen LogP contribution in [0.5, 0.6) is 0 Å². The highest BCUT2D eigenvalue weighted by molar-refractivity contribution is 5.85. The van der Waals surface area contributed by atoms with Crippen molar-refractivity contribution in [2.24, 2.45) is 5.73 Å². The van der Waals surface area contributed by atoms with E-state index >= 15 is 0 Å².